The van der Waals surface area contributed by atoms with E-state index in [0.29, 0.717) is 10.7 Å². The Bertz CT molecular complexity index is 237. The normalized spacial score (nSPS) is 9.90. The van der Waals surface area contributed by atoms with Crippen LogP contribution < -0.4 is 0 Å². The summed E-state index contributed by atoms with van der Waals surface area (Å²) in [6.45, 7) is 1.85. The second-order valence-corrected chi connectivity index (χ2v) is 2.49. The Morgan fingerprint density at radius 1 is 1.70 bits per heavy atom. The largest absolute Gasteiger partial charge is 0.390 e. The molecule has 0 fully saturated rings. The molecule has 0 spiro atoms. The minimum atomic E-state index is -0.0298. The molecular weight excluding hydrogens is 150 g/mol. The molecule has 0 saturated carbocycles. The van der Waals surface area contributed by atoms with Crippen LogP contribution in [-0.2, 0) is 6.61 Å². The third-order valence-corrected chi connectivity index (χ3v) is 1.66. The van der Waals surface area contributed by atoms with Gasteiger partial charge in [0, 0.05) is 6.20 Å². The summed E-state index contributed by atoms with van der Waals surface area (Å²) in [7, 11) is 0. The number of hydrogen-bond acceptors (Lipinski definition) is 2. The van der Waals surface area contributed by atoms with Crippen molar-refractivity contribution in [3.63, 3.8) is 0 Å². The first-order valence-electron chi connectivity index (χ1n) is 2.96. The average Bonchev–Trinajstić information content (AvgIpc) is 1.95. The summed E-state index contributed by atoms with van der Waals surface area (Å²) >= 11 is 5.69. The van der Waals surface area contributed by atoms with Crippen molar-refractivity contribution in [3.05, 3.63) is 28.5 Å². The maximum absolute atomic E-state index is 8.65. The first-order valence-corrected chi connectivity index (χ1v) is 3.33. The first-order chi connectivity index (χ1) is 4.74. The number of hydrogen-bond donors (Lipinski definition) is 1. The summed E-state index contributed by atoms with van der Waals surface area (Å²) in [6.07, 6.45) is 1.54. The SMILES string of the molecule is Cc1cc(CO)ncc1Cl. The van der Waals surface area contributed by atoms with Gasteiger partial charge < -0.3 is 5.11 Å². The van der Waals surface area contributed by atoms with Gasteiger partial charge in [-0.2, -0.15) is 0 Å². The van der Waals surface area contributed by atoms with Crippen LogP contribution in [0, 0.1) is 6.92 Å². The van der Waals surface area contributed by atoms with E-state index in [-0.39, 0.29) is 6.61 Å². The molecule has 0 atom stereocenters. The van der Waals surface area contributed by atoms with E-state index >= 15 is 0 Å². The fourth-order valence-corrected chi connectivity index (χ4v) is 0.787. The zero-order chi connectivity index (χ0) is 7.56. The lowest BCUT2D eigenvalue weighted by atomic mass is 10.2. The molecule has 54 valence electrons. The van der Waals surface area contributed by atoms with Gasteiger partial charge in [0.1, 0.15) is 0 Å². The Labute approximate surface area is 64.5 Å². The van der Waals surface area contributed by atoms with Gasteiger partial charge in [-0.1, -0.05) is 11.6 Å². The molecular formula is C7H8ClNO. The molecule has 1 N–H and O–H groups in total. The van der Waals surface area contributed by atoms with Gasteiger partial charge in [0.2, 0.25) is 0 Å². The molecule has 1 rings (SSSR count). The first kappa shape index (κ1) is 7.51. The van der Waals surface area contributed by atoms with E-state index in [9.17, 15) is 0 Å². The molecule has 0 aliphatic rings. The number of halogens is 1. The molecule has 10 heavy (non-hydrogen) atoms. The number of aryl methyl sites for hydroxylation is 1. The summed E-state index contributed by atoms with van der Waals surface area (Å²) in [4.78, 5) is 3.88. The zero-order valence-corrected chi connectivity index (χ0v) is 6.39. The molecule has 0 unspecified atom stereocenters. The highest BCUT2D eigenvalue weighted by Crippen LogP contribution is 2.13. The number of nitrogens with zero attached hydrogens (tertiary/aromatic N) is 1. The number of aliphatic hydroxyl groups is 1. The predicted molar refractivity (Wildman–Crippen MR) is 39.9 cm³/mol. The molecule has 3 heteroatoms. The Morgan fingerprint density at radius 2 is 2.40 bits per heavy atom. The molecule has 0 aliphatic carbocycles. The molecule has 2 nitrogen and oxygen atoms in total. The Hall–Kier alpha value is -0.600. The fourth-order valence-electron chi connectivity index (χ4n) is 0.684. The molecule has 0 saturated heterocycles. The van der Waals surface area contributed by atoms with Gasteiger partial charge in [-0.25, -0.2) is 0 Å². The van der Waals surface area contributed by atoms with E-state index in [1.54, 1.807) is 12.3 Å². The van der Waals surface area contributed by atoms with Gasteiger partial charge in [-0.05, 0) is 18.6 Å². The van der Waals surface area contributed by atoms with Gasteiger partial charge in [0.05, 0.1) is 17.3 Å². The van der Waals surface area contributed by atoms with Crippen molar-refractivity contribution >= 4 is 11.6 Å². The van der Waals surface area contributed by atoms with Crippen LogP contribution >= 0.6 is 11.6 Å². The third kappa shape index (κ3) is 1.46. The van der Waals surface area contributed by atoms with Crippen LogP contribution in [0.25, 0.3) is 0 Å². The van der Waals surface area contributed by atoms with Gasteiger partial charge in [-0.15, -0.1) is 0 Å². The summed E-state index contributed by atoms with van der Waals surface area (Å²) < 4.78 is 0. The minimum absolute atomic E-state index is 0.0298. The Kier molecular flexibility index (Phi) is 2.25. The van der Waals surface area contributed by atoms with Crippen LogP contribution in [0.15, 0.2) is 12.3 Å². The van der Waals surface area contributed by atoms with Crippen molar-refractivity contribution in [2.24, 2.45) is 0 Å². The van der Waals surface area contributed by atoms with E-state index in [1.165, 1.54) is 0 Å². The second-order valence-electron chi connectivity index (χ2n) is 2.08. The van der Waals surface area contributed by atoms with Crippen molar-refractivity contribution in [2.45, 2.75) is 13.5 Å². The van der Waals surface area contributed by atoms with Gasteiger partial charge in [-0.3, -0.25) is 4.98 Å². The summed E-state index contributed by atoms with van der Waals surface area (Å²) in [6, 6.07) is 1.77. The van der Waals surface area contributed by atoms with Crippen LogP contribution in [0.4, 0.5) is 0 Å². The summed E-state index contributed by atoms with van der Waals surface area (Å²) in [5.74, 6) is 0. The standard InChI is InChI=1S/C7H8ClNO/c1-5-2-6(4-10)9-3-7(5)8/h2-3,10H,4H2,1H3. The van der Waals surface area contributed by atoms with E-state index < -0.39 is 0 Å². The van der Waals surface area contributed by atoms with Crippen molar-refractivity contribution in [3.8, 4) is 0 Å². The predicted octanol–water partition coefficient (Wildman–Crippen LogP) is 1.54. The Balaban J connectivity index is 3.04. The molecule has 1 aromatic rings. The van der Waals surface area contributed by atoms with E-state index in [0.717, 1.165) is 5.56 Å². The highest BCUT2D eigenvalue weighted by atomic mass is 35.5. The number of aromatic nitrogens is 1. The fraction of sp³-hybridized carbons (Fsp3) is 0.286. The minimum Gasteiger partial charge on any atom is -0.390 e. The lowest BCUT2D eigenvalue weighted by Crippen LogP contribution is -1.89. The van der Waals surface area contributed by atoms with Crippen molar-refractivity contribution in [1.29, 1.82) is 0 Å². The zero-order valence-electron chi connectivity index (χ0n) is 5.63. The smallest absolute Gasteiger partial charge is 0.0853 e. The topological polar surface area (TPSA) is 33.1 Å². The van der Waals surface area contributed by atoms with Crippen molar-refractivity contribution < 1.29 is 5.11 Å². The number of aliphatic hydroxyl groups excluding tert-OH is 1. The molecule has 1 heterocycles. The second kappa shape index (κ2) is 2.99. The molecule has 1 aromatic heterocycles. The van der Waals surface area contributed by atoms with Crippen LogP contribution in [0.3, 0.4) is 0 Å². The number of pyridine rings is 1. The summed E-state index contributed by atoms with van der Waals surface area (Å²) in [5.41, 5.74) is 1.60. The van der Waals surface area contributed by atoms with Crippen molar-refractivity contribution in [1.82, 2.24) is 4.98 Å². The highest BCUT2D eigenvalue weighted by Gasteiger charge is 1.96. The van der Waals surface area contributed by atoms with E-state index in [1.807, 2.05) is 6.92 Å². The van der Waals surface area contributed by atoms with Gasteiger partial charge >= 0.3 is 0 Å². The third-order valence-electron chi connectivity index (χ3n) is 1.27. The average molecular weight is 158 g/mol. The quantitative estimate of drug-likeness (QED) is 0.671. The molecule has 0 radical (unpaired) electrons. The van der Waals surface area contributed by atoms with Crippen LogP contribution in [0.1, 0.15) is 11.3 Å². The maximum atomic E-state index is 8.65. The highest BCUT2D eigenvalue weighted by molar-refractivity contribution is 6.31. The molecule has 0 aliphatic heterocycles. The monoisotopic (exact) mass is 157 g/mol. The Morgan fingerprint density at radius 3 is 2.90 bits per heavy atom. The van der Waals surface area contributed by atoms with Crippen LogP contribution in [-0.4, -0.2) is 10.1 Å². The maximum Gasteiger partial charge on any atom is 0.0853 e. The molecule has 0 bridgehead atoms. The molecule has 0 aromatic carbocycles. The number of rotatable bonds is 1. The van der Waals surface area contributed by atoms with Crippen LogP contribution in [0.2, 0.25) is 5.02 Å². The van der Waals surface area contributed by atoms with E-state index in [2.05, 4.69) is 4.98 Å². The van der Waals surface area contributed by atoms with Crippen LogP contribution in [0.5, 0.6) is 0 Å². The van der Waals surface area contributed by atoms with Gasteiger partial charge in [0.15, 0.2) is 0 Å². The van der Waals surface area contributed by atoms with Crippen molar-refractivity contribution in [2.75, 3.05) is 0 Å². The lowest BCUT2D eigenvalue weighted by molar-refractivity contribution is 0.277. The van der Waals surface area contributed by atoms with Gasteiger partial charge in [0.25, 0.3) is 0 Å². The summed E-state index contributed by atoms with van der Waals surface area (Å²) in [5, 5.41) is 9.28. The lowest BCUT2D eigenvalue weighted by Gasteiger charge is -1.98. The molecule has 0 amide bonds. The van der Waals surface area contributed by atoms with E-state index in [4.69, 9.17) is 16.7 Å².